The maximum atomic E-state index is 13.6. The maximum Gasteiger partial charge on any atom is 0.249 e. The summed E-state index contributed by atoms with van der Waals surface area (Å²) in [5.41, 5.74) is 2.52. The van der Waals surface area contributed by atoms with Crippen molar-refractivity contribution in [2.75, 3.05) is 46.9 Å². The molecule has 0 aromatic rings. The Hall–Kier alpha value is -1.61. The Bertz CT molecular complexity index is 873. The van der Waals surface area contributed by atoms with Gasteiger partial charge in [-0.3, -0.25) is 15.0 Å². The van der Waals surface area contributed by atoms with Crippen LogP contribution in [0.5, 0.6) is 0 Å². The number of hydrogen-bond acceptors (Lipinski definition) is 7. The molecule has 0 saturated carbocycles. The Kier molecular flexibility index (Phi) is 6.12. The van der Waals surface area contributed by atoms with E-state index in [9.17, 15) is 4.79 Å². The van der Waals surface area contributed by atoms with Gasteiger partial charge in [0.2, 0.25) is 5.91 Å². The molecule has 3 saturated heterocycles. The lowest BCUT2D eigenvalue weighted by Gasteiger charge is -2.39. The molecule has 1 unspecified atom stereocenters. The Morgan fingerprint density at radius 1 is 1.21 bits per heavy atom. The van der Waals surface area contributed by atoms with Crippen LogP contribution in [-0.2, 0) is 9.53 Å². The summed E-state index contributed by atoms with van der Waals surface area (Å²) in [6, 6.07) is 1.37. The highest BCUT2D eigenvalue weighted by Gasteiger charge is 2.51. The van der Waals surface area contributed by atoms with E-state index in [-0.39, 0.29) is 30.3 Å². The molecule has 0 radical (unpaired) electrons. The van der Waals surface area contributed by atoms with Gasteiger partial charge < -0.3 is 25.2 Å². The summed E-state index contributed by atoms with van der Waals surface area (Å²) in [7, 11) is 4.03. The van der Waals surface area contributed by atoms with E-state index in [4.69, 9.17) is 4.74 Å². The zero-order valence-electron chi connectivity index (χ0n) is 21.1. The van der Waals surface area contributed by atoms with E-state index >= 15 is 0 Å². The van der Waals surface area contributed by atoms with Crippen molar-refractivity contribution in [1.82, 2.24) is 30.7 Å². The SMILES string of the molecule is CCN1C2=C(CCCN2)C[C@@H]1[C@@H]1N[C@@H]2CC(C(=O)N3CC[C@@H]4CCN[C@@H]4C3)=C[C@H](OC)C2N1C. The van der Waals surface area contributed by atoms with Gasteiger partial charge in [-0.2, -0.15) is 0 Å². The van der Waals surface area contributed by atoms with Crippen LogP contribution in [-0.4, -0.2) is 104 Å². The topological polar surface area (TPSA) is 72.1 Å². The van der Waals surface area contributed by atoms with E-state index in [0.717, 1.165) is 63.5 Å². The number of methoxy groups -OCH3 is 1. The molecule has 8 nitrogen and oxygen atoms in total. The molecule has 5 heterocycles. The van der Waals surface area contributed by atoms with Gasteiger partial charge >= 0.3 is 0 Å². The molecule has 1 aliphatic carbocycles. The van der Waals surface area contributed by atoms with Crippen LogP contribution in [0.15, 0.2) is 23.0 Å². The molecule has 5 aliphatic heterocycles. The molecule has 6 rings (SSSR count). The van der Waals surface area contributed by atoms with Crippen LogP contribution in [0.2, 0.25) is 0 Å². The predicted octanol–water partition coefficient (Wildman–Crippen LogP) is 0.829. The summed E-state index contributed by atoms with van der Waals surface area (Å²) < 4.78 is 5.99. The van der Waals surface area contributed by atoms with Crippen molar-refractivity contribution < 1.29 is 9.53 Å². The van der Waals surface area contributed by atoms with E-state index in [1.807, 2.05) is 0 Å². The number of piperidine rings is 1. The summed E-state index contributed by atoms with van der Waals surface area (Å²) >= 11 is 0. The first-order chi connectivity index (χ1) is 16.6. The van der Waals surface area contributed by atoms with Crippen molar-refractivity contribution in [1.29, 1.82) is 0 Å². The molecular formula is C26H42N6O2. The number of likely N-dealkylation sites (N-methyl/N-ethyl adjacent to an activating group) is 2. The van der Waals surface area contributed by atoms with Crippen LogP contribution in [0.3, 0.4) is 0 Å². The van der Waals surface area contributed by atoms with Crippen LogP contribution in [0.25, 0.3) is 0 Å². The summed E-state index contributed by atoms with van der Waals surface area (Å²) in [6.07, 6.45) is 9.05. The maximum absolute atomic E-state index is 13.6. The first-order valence-corrected chi connectivity index (χ1v) is 13.6. The lowest BCUT2D eigenvalue weighted by Crippen LogP contribution is -2.53. The number of rotatable bonds is 4. The average molecular weight is 471 g/mol. The Morgan fingerprint density at radius 3 is 2.91 bits per heavy atom. The van der Waals surface area contributed by atoms with Crippen LogP contribution < -0.4 is 16.0 Å². The molecule has 3 fully saturated rings. The number of fused-ring (bicyclic) bond motifs is 2. The Morgan fingerprint density at radius 2 is 2.09 bits per heavy atom. The molecule has 1 amide bonds. The number of carbonyl (C=O) groups excluding carboxylic acids is 1. The fourth-order valence-corrected chi connectivity index (χ4v) is 7.77. The highest BCUT2D eigenvalue weighted by atomic mass is 16.5. The monoisotopic (exact) mass is 470 g/mol. The lowest BCUT2D eigenvalue weighted by molar-refractivity contribution is -0.129. The minimum atomic E-state index is -0.0699. The van der Waals surface area contributed by atoms with Crippen molar-refractivity contribution in [2.24, 2.45) is 5.92 Å². The van der Waals surface area contributed by atoms with Gasteiger partial charge in [0.1, 0.15) is 5.82 Å². The molecule has 0 spiro atoms. The predicted molar refractivity (Wildman–Crippen MR) is 132 cm³/mol. The van der Waals surface area contributed by atoms with Crippen molar-refractivity contribution >= 4 is 5.91 Å². The third kappa shape index (κ3) is 3.69. The Labute approximate surface area is 204 Å². The lowest BCUT2D eigenvalue weighted by atomic mass is 9.87. The molecule has 8 heteroatoms. The highest BCUT2D eigenvalue weighted by molar-refractivity contribution is 5.94. The van der Waals surface area contributed by atoms with Crippen molar-refractivity contribution in [2.45, 2.75) is 81.9 Å². The van der Waals surface area contributed by atoms with Crippen LogP contribution in [0, 0.1) is 5.92 Å². The largest absolute Gasteiger partial charge is 0.376 e. The molecule has 188 valence electrons. The zero-order chi connectivity index (χ0) is 23.4. The van der Waals surface area contributed by atoms with Gasteiger partial charge in [-0.15, -0.1) is 0 Å². The number of carbonyl (C=O) groups is 1. The van der Waals surface area contributed by atoms with Crippen LogP contribution >= 0.6 is 0 Å². The highest BCUT2D eigenvalue weighted by Crippen LogP contribution is 2.39. The van der Waals surface area contributed by atoms with Gasteiger partial charge in [0, 0.05) is 50.9 Å². The van der Waals surface area contributed by atoms with E-state index in [2.05, 4.69) is 50.7 Å². The van der Waals surface area contributed by atoms with Gasteiger partial charge in [0.15, 0.2) is 0 Å². The van der Waals surface area contributed by atoms with Crippen molar-refractivity contribution in [3.05, 3.63) is 23.0 Å². The number of hydrogen-bond donors (Lipinski definition) is 3. The molecule has 0 aromatic carbocycles. The second-order valence-corrected chi connectivity index (χ2v) is 11.2. The second kappa shape index (κ2) is 9.12. The quantitative estimate of drug-likeness (QED) is 0.562. The van der Waals surface area contributed by atoms with Crippen molar-refractivity contribution in [3.63, 3.8) is 0 Å². The fourth-order valence-electron chi connectivity index (χ4n) is 7.77. The van der Waals surface area contributed by atoms with E-state index in [0.29, 0.717) is 12.1 Å². The average Bonchev–Trinajstić information content (AvgIpc) is 3.57. The first kappa shape index (κ1) is 22.8. The second-order valence-electron chi connectivity index (χ2n) is 11.2. The minimum absolute atomic E-state index is 0.0699. The number of ether oxygens (including phenoxy) is 1. The van der Waals surface area contributed by atoms with E-state index < -0.39 is 0 Å². The van der Waals surface area contributed by atoms with E-state index in [1.54, 1.807) is 12.7 Å². The summed E-state index contributed by atoms with van der Waals surface area (Å²) in [6.45, 7) is 7.18. The Balaban J connectivity index is 1.18. The fraction of sp³-hybridized carbons (Fsp3) is 0.808. The summed E-state index contributed by atoms with van der Waals surface area (Å²) in [5.74, 6) is 2.34. The molecule has 0 aromatic heterocycles. The third-order valence-corrected chi connectivity index (χ3v) is 9.49. The standard InChI is InChI=1S/C26H42N6O2/c1-4-32-21(13-17-6-5-9-28-24(17)32)25-29-19-12-18(14-22(34-3)23(19)30(25)2)26(33)31-11-8-16-7-10-27-20(16)15-31/h14,16,19-23,25,27-29H,4-13,15H2,1-3H3/t16-,19+,20+,21+,22-,23?,25+/m0/s1. The van der Waals surface area contributed by atoms with Crippen LogP contribution in [0.1, 0.15) is 45.4 Å². The van der Waals surface area contributed by atoms with Gasteiger partial charge in [0.05, 0.1) is 24.4 Å². The zero-order valence-corrected chi connectivity index (χ0v) is 21.1. The molecule has 6 aliphatic rings. The molecule has 0 bridgehead atoms. The first-order valence-electron chi connectivity index (χ1n) is 13.6. The molecular weight excluding hydrogens is 428 g/mol. The molecule has 3 N–H and O–H groups in total. The van der Waals surface area contributed by atoms with Gasteiger partial charge in [-0.1, -0.05) is 0 Å². The van der Waals surface area contributed by atoms with Gasteiger partial charge in [-0.05, 0) is 76.6 Å². The smallest absolute Gasteiger partial charge is 0.249 e. The third-order valence-electron chi connectivity index (χ3n) is 9.49. The number of amides is 1. The number of likely N-dealkylation sites (tertiary alicyclic amines) is 1. The van der Waals surface area contributed by atoms with Gasteiger partial charge in [-0.25, -0.2) is 0 Å². The van der Waals surface area contributed by atoms with Crippen molar-refractivity contribution in [3.8, 4) is 0 Å². The normalized spacial score (nSPS) is 40.1. The minimum Gasteiger partial charge on any atom is -0.376 e. The molecule has 7 atom stereocenters. The summed E-state index contributed by atoms with van der Waals surface area (Å²) in [5, 5.41) is 11.3. The van der Waals surface area contributed by atoms with Gasteiger partial charge in [0.25, 0.3) is 0 Å². The summed E-state index contributed by atoms with van der Waals surface area (Å²) in [4.78, 5) is 20.7. The van der Waals surface area contributed by atoms with Crippen LogP contribution in [0.4, 0.5) is 0 Å². The number of nitrogens with one attached hydrogen (secondary N) is 3. The number of nitrogens with zero attached hydrogens (tertiary/aromatic N) is 3. The van der Waals surface area contributed by atoms with E-state index in [1.165, 1.54) is 25.1 Å². The molecule has 34 heavy (non-hydrogen) atoms.